The average Bonchev–Trinajstić information content (AvgIpc) is 2.67. The minimum atomic E-state index is -0.0878. The van der Waals surface area contributed by atoms with Crippen LogP contribution >= 0.6 is 15.9 Å². The molecule has 2 aromatic rings. The quantitative estimate of drug-likeness (QED) is 0.741. The van der Waals surface area contributed by atoms with Crippen molar-refractivity contribution >= 4 is 39.9 Å². The maximum atomic E-state index is 12.2. The fourth-order valence-corrected chi connectivity index (χ4v) is 3.86. The number of nitrogens with zero attached hydrogens (tertiary/aromatic N) is 4. The van der Waals surface area contributed by atoms with Crippen LogP contribution in [0.4, 0.5) is 17.2 Å². The molecule has 4 heterocycles. The van der Waals surface area contributed by atoms with Crippen LogP contribution in [0, 0.1) is 0 Å². The zero-order chi connectivity index (χ0) is 20.1. The molecular weight excluding hydrogens is 438 g/mol. The summed E-state index contributed by atoms with van der Waals surface area (Å²) in [4.78, 5) is 29.5. The number of nitrogens with one attached hydrogen (secondary N) is 1. The molecule has 9 heteroatoms. The van der Waals surface area contributed by atoms with Gasteiger partial charge in [-0.1, -0.05) is 7.43 Å². The van der Waals surface area contributed by atoms with E-state index in [1.165, 1.54) is 4.57 Å². The number of carbonyl (C=O) groups excluding carboxylic acids is 1. The maximum Gasteiger partial charge on any atom is 0.274 e. The Morgan fingerprint density at radius 1 is 1.21 bits per heavy atom. The second-order valence-electron chi connectivity index (χ2n) is 6.73. The molecule has 0 unspecified atom stereocenters. The minimum Gasteiger partial charge on any atom is -0.378 e. The summed E-state index contributed by atoms with van der Waals surface area (Å²) >= 11 is 3.41. The lowest BCUT2D eigenvalue weighted by molar-refractivity contribution is -0.0979. The van der Waals surface area contributed by atoms with Crippen molar-refractivity contribution in [1.82, 2.24) is 14.5 Å². The fraction of sp³-hybridized carbons (Fsp3) is 0.450. The van der Waals surface area contributed by atoms with E-state index in [0.717, 1.165) is 49.6 Å². The number of carbonyl (C=O) groups is 1. The molecule has 0 amide bonds. The first-order valence-electron chi connectivity index (χ1n) is 9.05. The highest BCUT2D eigenvalue weighted by molar-refractivity contribution is 9.10. The molecule has 0 saturated carbocycles. The Labute approximate surface area is 179 Å². The van der Waals surface area contributed by atoms with Crippen molar-refractivity contribution < 1.29 is 9.53 Å². The van der Waals surface area contributed by atoms with Crippen molar-refractivity contribution in [2.45, 2.75) is 13.5 Å². The Hall–Kier alpha value is -2.23. The molecule has 2 aromatic heterocycles. The van der Waals surface area contributed by atoms with Crippen LogP contribution in [0.2, 0.25) is 0 Å². The van der Waals surface area contributed by atoms with Crippen LogP contribution in [0.25, 0.3) is 0 Å². The summed E-state index contributed by atoms with van der Waals surface area (Å²) in [6.45, 7) is 7.85. The molecule has 158 valence electrons. The topological polar surface area (TPSA) is 79.7 Å². The van der Waals surface area contributed by atoms with Crippen LogP contribution in [-0.4, -0.2) is 66.7 Å². The predicted octanol–water partition coefficient (Wildman–Crippen LogP) is 2.26. The van der Waals surface area contributed by atoms with Crippen LogP contribution < -0.4 is 15.8 Å². The van der Waals surface area contributed by atoms with Gasteiger partial charge in [-0.15, -0.1) is 0 Å². The summed E-state index contributed by atoms with van der Waals surface area (Å²) in [6.07, 6.45) is 3.60. The molecule has 0 aliphatic carbocycles. The molecular formula is C20H28BrN5O3. The van der Waals surface area contributed by atoms with Gasteiger partial charge in [-0.3, -0.25) is 9.69 Å². The molecule has 0 spiro atoms. The fourth-order valence-electron chi connectivity index (χ4n) is 3.32. The summed E-state index contributed by atoms with van der Waals surface area (Å²) in [7, 11) is 1.73. The first-order valence-corrected chi connectivity index (χ1v) is 9.84. The molecule has 4 rings (SSSR count). The summed E-state index contributed by atoms with van der Waals surface area (Å²) in [5.74, 6) is 0.661. The summed E-state index contributed by atoms with van der Waals surface area (Å²) in [5, 5.41) is 3.11. The van der Waals surface area contributed by atoms with Crippen LogP contribution in [0.1, 0.15) is 7.43 Å². The van der Waals surface area contributed by atoms with Crippen molar-refractivity contribution in [3.63, 3.8) is 0 Å². The number of hydrogen-bond donors (Lipinski definition) is 1. The van der Waals surface area contributed by atoms with Gasteiger partial charge in [0.2, 0.25) is 0 Å². The average molecular weight is 466 g/mol. The molecule has 2 saturated heterocycles. The molecule has 0 aromatic carbocycles. The lowest BCUT2D eigenvalue weighted by Gasteiger charge is -2.43. The third-order valence-corrected chi connectivity index (χ3v) is 5.41. The molecule has 2 aliphatic heterocycles. The predicted molar refractivity (Wildman–Crippen MR) is 119 cm³/mol. The van der Waals surface area contributed by atoms with Crippen LogP contribution in [0.3, 0.4) is 0 Å². The number of halogens is 1. The van der Waals surface area contributed by atoms with E-state index >= 15 is 0 Å². The second kappa shape index (κ2) is 10.5. The zero-order valence-corrected chi connectivity index (χ0v) is 17.4. The van der Waals surface area contributed by atoms with E-state index in [2.05, 4.69) is 42.1 Å². The van der Waals surface area contributed by atoms with E-state index in [1.54, 1.807) is 19.3 Å². The van der Waals surface area contributed by atoms with Gasteiger partial charge in [0.15, 0.2) is 0 Å². The highest BCUT2D eigenvalue weighted by Gasteiger charge is 2.28. The van der Waals surface area contributed by atoms with Crippen LogP contribution in [-0.2, 0) is 16.6 Å². The van der Waals surface area contributed by atoms with E-state index in [-0.39, 0.29) is 13.0 Å². The SMILES string of the molecule is C.C=O.Cn1cc(Br)cc(Nc2ccc(N3CCN(C4COC4)CC3)cn2)c1=O. The number of anilines is 3. The monoisotopic (exact) mass is 465 g/mol. The molecule has 29 heavy (non-hydrogen) atoms. The van der Waals surface area contributed by atoms with E-state index in [4.69, 9.17) is 9.53 Å². The van der Waals surface area contributed by atoms with Gasteiger partial charge in [0.25, 0.3) is 5.56 Å². The first-order chi connectivity index (χ1) is 13.6. The van der Waals surface area contributed by atoms with Gasteiger partial charge >= 0.3 is 0 Å². The largest absolute Gasteiger partial charge is 0.378 e. The van der Waals surface area contributed by atoms with Crippen molar-refractivity contribution in [1.29, 1.82) is 0 Å². The van der Waals surface area contributed by atoms with Crippen LogP contribution in [0.5, 0.6) is 0 Å². The van der Waals surface area contributed by atoms with Crippen LogP contribution in [0.15, 0.2) is 39.9 Å². The second-order valence-corrected chi connectivity index (χ2v) is 7.64. The number of hydrogen-bond acceptors (Lipinski definition) is 7. The lowest BCUT2D eigenvalue weighted by Crippen LogP contribution is -2.56. The van der Waals surface area contributed by atoms with Gasteiger partial charge in [0.05, 0.1) is 31.1 Å². The first kappa shape index (κ1) is 23.1. The van der Waals surface area contributed by atoms with E-state index in [1.807, 2.05) is 19.1 Å². The minimum absolute atomic E-state index is 0. The number of rotatable bonds is 4. The zero-order valence-electron chi connectivity index (χ0n) is 15.8. The van der Waals surface area contributed by atoms with E-state index < -0.39 is 0 Å². The number of pyridine rings is 2. The van der Waals surface area contributed by atoms with Crippen molar-refractivity contribution in [2.24, 2.45) is 7.05 Å². The molecule has 2 aliphatic rings. The third kappa shape index (κ3) is 5.43. The molecule has 0 atom stereocenters. The molecule has 1 N–H and O–H groups in total. The highest BCUT2D eigenvalue weighted by atomic mass is 79.9. The molecule has 0 radical (unpaired) electrons. The van der Waals surface area contributed by atoms with Crippen molar-refractivity contribution in [2.75, 3.05) is 49.6 Å². The molecule has 2 fully saturated rings. The van der Waals surface area contributed by atoms with Gasteiger partial charge in [-0.05, 0) is 34.1 Å². The summed E-state index contributed by atoms with van der Waals surface area (Å²) < 4.78 is 7.66. The summed E-state index contributed by atoms with van der Waals surface area (Å²) in [6, 6.07) is 6.35. The maximum absolute atomic E-state index is 12.2. The molecule has 8 nitrogen and oxygen atoms in total. The Kier molecular flexibility index (Phi) is 8.36. The van der Waals surface area contributed by atoms with E-state index in [9.17, 15) is 4.79 Å². The number of piperazine rings is 1. The Morgan fingerprint density at radius 2 is 1.90 bits per heavy atom. The Balaban J connectivity index is 0.000000970. The van der Waals surface area contributed by atoms with Gasteiger partial charge in [-0.25, -0.2) is 4.98 Å². The van der Waals surface area contributed by atoms with Crippen molar-refractivity contribution in [3.05, 3.63) is 45.4 Å². The Bertz CT molecular complexity index is 846. The van der Waals surface area contributed by atoms with Gasteiger partial charge in [-0.2, -0.15) is 0 Å². The highest BCUT2D eigenvalue weighted by Crippen LogP contribution is 2.21. The van der Waals surface area contributed by atoms with Gasteiger partial charge < -0.3 is 24.3 Å². The summed E-state index contributed by atoms with van der Waals surface area (Å²) in [5.41, 5.74) is 1.52. The smallest absolute Gasteiger partial charge is 0.274 e. The number of aryl methyl sites for hydroxylation is 1. The van der Waals surface area contributed by atoms with E-state index in [0.29, 0.717) is 17.5 Å². The standard InChI is InChI=1S/C18H22BrN5O2.CH2O.CH4/c1-22-10-13(19)8-16(18(22)25)21-17-3-2-14(9-20-17)23-4-6-24(7-5-23)15-11-26-12-15;1-2;/h2-3,8-10,15H,4-7,11-12H2,1H3,(H,20,21);1H2;1H4. The number of aromatic nitrogens is 2. The lowest BCUT2D eigenvalue weighted by atomic mass is 10.2. The normalized spacial score (nSPS) is 16.8. The van der Waals surface area contributed by atoms with Gasteiger partial charge in [0, 0.05) is 43.9 Å². The molecule has 0 bridgehead atoms. The number of ether oxygens (including phenoxy) is 1. The Morgan fingerprint density at radius 3 is 2.45 bits per heavy atom. The third-order valence-electron chi connectivity index (χ3n) is 4.98. The van der Waals surface area contributed by atoms with Gasteiger partial charge in [0.1, 0.15) is 18.3 Å². The van der Waals surface area contributed by atoms with Crippen molar-refractivity contribution in [3.8, 4) is 0 Å².